The van der Waals surface area contributed by atoms with Gasteiger partial charge in [-0.1, -0.05) is 5.57 Å². The van der Waals surface area contributed by atoms with Crippen molar-refractivity contribution in [3.63, 3.8) is 0 Å². The second-order valence-corrected chi connectivity index (χ2v) is 8.85. The standard InChI is InChI=1S/C23H23FN4O4S/c1-12-19-21(26-11-27-22(19)33-20(12)23(30)31)28-17-8-5-15(24)9-18(17)32-16-6-3-14(4-7-16)10-25-13(2)29/h5,8-11,16H,3-4,6-7H2,1-2H3,(H,25,29)(H,30,31)(H,26,27,28). The molecule has 3 N–H and O–H groups in total. The molecule has 33 heavy (non-hydrogen) atoms. The fourth-order valence-electron chi connectivity index (χ4n) is 3.80. The molecule has 2 aromatic heterocycles. The first-order valence-electron chi connectivity index (χ1n) is 10.5. The van der Waals surface area contributed by atoms with Crippen LogP contribution in [0.3, 0.4) is 0 Å². The normalized spacial score (nSPS) is 15.8. The number of nitrogens with one attached hydrogen (secondary N) is 2. The number of amides is 1. The lowest BCUT2D eigenvalue weighted by atomic mass is 9.93. The first kappa shape index (κ1) is 22.7. The van der Waals surface area contributed by atoms with Gasteiger partial charge in [0, 0.05) is 19.2 Å². The number of nitrogens with zero attached hydrogens (tertiary/aromatic N) is 2. The molecular weight excluding hydrogens is 447 g/mol. The Morgan fingerprint density at radius 1 is 1.27 bits per heavy atom. The highest BCUT2D eigenvalue weighted by Gasteiger charge is 2.22. The largest absolute Gasteiger partial charge is 0.488 e. The molecule has 1 aliphatic rings. The zero-order valence-electron chi connectivity index (χ0n) is 18.1. The summed E-state index contributed by atoms with van der Waals surface area (Å²) in [4.78, 5) is 31.9. The van der Waals surface area contributed by atoms with E-state index in [0.717, 1.165) is 42.6 Å². The highest BCUT2D eigenvalue weighted by Crippen LogP contribution is 2.37. The number of anilines is 2. The number of aromatic carboxylic acids is 1. The molecule has 0 unspecified atom stereocenters. The summed E-state index contributed by atoms with van der Waals surface area (Å²) in [5.41, 5.74) is 2.24. The topological polar surface area (TPSA) is 113 Å². The van der Waals surface area contributed by atoms with Gasteiger partial charge in [-0.25, -0.2) is 19.2 Å². The molecule has 10 heteroatoms. The van der Waals surface area contributed by atoms with Gasteiger partial charge in [0.2, 0.25) is 5.91 Å². The molecule has 0 spiro atoms. The molecule has 1 aliphatic carbocycles. The van der Waals surface area contributed by atoms with Crippen molar-refractivity contribution in [3.05, 3.63) is 52.6 Å². The van der Waals surface area contributed by atoms with E-state index in [1.807, 2.05) is 0 Å². The number of rotatable bonds is 6. The summed E-state index contributed by atoms with van der Waals surface area (Å²) in [5, 5.41) is 15.9. The molecule has 0 aliphatic heterocycles. The minimum Gasteiger partial charge on any atom is -0.488 e. The number of thiophene rings is 1. The third-order valence-corrected chi connectivity index (χ3v) is 6.65. The van der Waals surface area contributed by atoms with Gasteiger partial charge in [0.05, 0.1) is 17.2 Å². The number of ether oxygens (including phenoxy) is 1. The van der Waals surface area contributed by atoms with Crippen molar-refractivity contribution >= 4 is 44.9 Å². The van der Waals surface area contributed by atoms with E-state index in [9.17, 15) is 19.1 Å². The summed E-state index contributed by atoms with van der Waals surface area (Å²) < 4.78 is 20.2. The molecule has 2 heterocycles. The zero-order chi connectivity index (χ0) is 23.5. The Balaban J connectivity index is 1.56. The Morgan fingerprint density at radius 3 is 2.73 bits per heavy atom. The van der Waals surface area contributed by atoms with E-state index >= 15 is 0 Å². The zero-order valence-corrected chi connectivity index (χ0v) is 19.0. The van der Waals surface area contributed by atoms with Crippen molar-refractivity contribution in [2.45, 2.75) is 45.6 Å². The number of aryl methyl sites for hydroxylation is 1. The van der Waals surface area contributed by atoms with Gasteiger partial charge in [-0.05, 0) is 50.3 Å². The second-order valence-electron chi connectivity index (χ2n) is 7.85. The molecule has 0 saturated heterocycles. The van der Waals surface area contributed by atoms with E-state index in [1.165, 1.54) is 25.4 Å². The van der Waals surface area contributed by atoms with Crippen LogP contribution in [-0.2, 0) is 4.79 Å². The molecule has 0 radical (unpaired) electrons. The summed E-state index contributed by atoms with van der Waals surface area (Å²) in [6.07, 6.45) is 6.05. The molecular formula is C23H23FN4O4S. The molecule has 8 nitrogen and oxygen atoms in total. The van der Waals surface area contributed by atoms with Gasteiger partial charge < -0.3 is 20.5 Å². The number of hydrogen-bond donors (Lipinski definition) is 3. The van der Waals surface area contributed by atoms with E-state index in [4.69, 9.17) is 4.74 Å². The predicted molar refractivity (Wildman–Crippen MR) is 124 cm³/mol. The first-order valence-corrected chi connectivity index (χ1v) is 11.3. The lowest BCUT2D eigenvalue weighted by molar-refractivity contribution is -0.118. The van der Waals surface area contributed by atoms with Gasteiger partial charge in [0.15, 0.2) is 0 Å². The molecule has 172 valence electrons. The monoisotopic (exact) mass is 470 g/mol. The Kier molecular flexibility index (Phi) is 6.55. The van der Waals surface area contributed by atoms with Gasteiger partial charge in [0.1, 0.15) is 33.4 Å². The summed E-state index contributed by atoms with van der Waals surface area (Å²) in [6, 6.07) is 4.22. The third-order valence-electron chi connectivity index (χ3n) is 5.47. The van der Waals surface area contributed by atoms with Crippen LogP contribution in [0.25, 0.3) is 10.2 Å². The van der Waals surface area contributed by atoms with Gasteiger partial charge in [-0.15, -0.1) is 11.3 Å². The predicted octanol–water partition coefficient (Wildman–Crippen LogP) is 4.92. The second kappa shape index (κ2) is 9.53. The fraction of sp³-hybridized carbons (Fsp3) is 0.304. The van der Waals surface area contributed by atoms with Crippen molar-refractivity contribution in [2.75, 3.05) is 5.32 Å². The lowest BCUT2D eigenvalue weighted by Gasteiger charge is -2.26. The quantitative estimate of drug-likeness (QED) is 0.468. The van der Waals surface area contributed by atoms with E-state index in [0.29, 0.717) is 33.0 Å². The number of hydrogen-bond acceptors (Lipinski definition) is 7. The van der Waals surface area contributed by atoms with Crippen LogP contribution in [0, 0.1) is 12.7 Å². The minimum atomic E-state index is -1.02. The molecule has 0 atom stereocenters. The summed E-state index contributed by atoms with van der Waals surface area (Å²) in [7, 11) is 0. The molecule has 1 saturated carbocycles. The van der Waals surface area contributed by atoms with Gasteiger partial charge >= 0.3 is 5.97 Å². The molecule has 1 aromatic carbocycles. The maximum Gasteiger partial charge on any atom is 0.346 e. The van der Waals surface area contributed by atoms with Crippen LogP contribution in [0.4, 0.5) is 15.9 Å². The van der Waals surface area contributed by atoms with Crippen LogP contribution in [0.2, 0.25) is 0 Å². The lowest BCUT2D eigenvalue weighted by Crippen LogP contribution is -2.22. The van der Waals surface area contributed by atoms with Crippen molar-refractivity contribution in [3.8, 4) is 5.75 Å². The smallest absolute Gasteiger partial charge is 0.346 e. The maximum atomic E-state index is 14.0. The van der Waals surface area contributed by atoms with Crippen LogP contribution >= 0.6 is 11.3 Å². The number of carboxylic acid groups (broad SMARTS) is 1. The molecule has 1 amide bonds. The average molecular weight is 471 g/mol. The van der Waals surface area contributed by atoms with Crippen molar-refractivity contribution < 1.29 is 23.8 Å². The number of benzene rings is 1. The molecule has 3 aromatic rings. The summed E-state index contributed by atoms with van der Waals surface area (Å²) in [5.74, 6) is -0.762. The Hall–Kier alpha value is -3.53. The van der Waals surface area contributed by atoms with Crippen molar-refractivity contribution in [2.24, 2.45) is 0 Å². The highest BCUT2D eigenvalue weighted by molar-refractivity contribution is 7.20. The molecule has 0 bridgehead atoms. The number of aromatic nitrogens is 2. The molecule has 1 fully saturated rings. The number of fused-ring (bicyclic) bond motifs is 1. The van der Waals surface area contributed by atoms with Crippen molar-refractivity contribution in [1.29, 1.82) is 0 Å². The van der Waals surface area contributed by atoms with Crippen LogP contribution < -0.4 is 15.4 Å². The fourth-order valence-corrected chi connectivity index (χ4v) is 4.79. The third kappa shape index (κ3) is 5.11. The van der Waals surface area contributed by atoms with E-state index < -0.39 is 11.8 Å². The Labute approximate surface area is 193 Å². The number of halogens is 1. The van der Waals surface area contributed by atoms with E-state index in [-0.39, 0.29) is 16.9 Å². The maximum absolute atomic E-state index is 14.0. The highest BCUT2D eigenvalue weighted by atomic mass is 32.1. The number of carbonyl (C=O) groups excluding carboxylic acids is 1. The first-order chi connectivity index (χ1) is 15.8. The van der Waals surface area contributed by atoms with E-state index in [1.54, 1.807) is 19.2 Å². The SMILES string of the molecule is CC(=O)NC=C1CCC(Oc2cc(F)ccc2Nc2ncnc3sc(C(=O)O)c(C)c23)CC1. The number of allylic oxidation sites excluding steroid dienone is 1. The van der Waals surface area contributed by atoms with E-state index in [2.05, 4.69) is 20.6 Å². The summed E-state index contributed by atoms with van der Waals surface area (Å²) >= 11 is 1.08. The van der Waals surface area contributed by atoms with Crippen molar-refractivity contribution in [1.82, 2.24) is 15.3 Å². The van der Waals surface area contributed by atoms with Crippen LogP contribution in [0.15, 0.2) is 36.3 Å². The van der Waals surface area contributed by atoms with Crippen LogP contribution in [0.1, 0.15) is 47.8 Å². The van der Waals surface area contributed by atoms with Crippen LogP contribution in [-0.4, -0.2) is 33.1 Å². The minimum absolute atomic E-state index is 0.103. The summed E-state index contributed by atoms with van der Waals surface area (Å²) in [6.45, 7) is 3.18. The number of carbonyl (C=O) groups is 2. The molecule has 4 rings (SSSR count). The Morgan fingerprint density at radius 2 is 2.03 bits per heavy atom. The van der Waals surface area contributed by atoms with Crippen LogP contribution in [0.5, 0.6) is 5.75 Å². The Bertz CT molecular complexity index is 1250. The van der Waals surface area contributed by atoms with Gasteiger partial charge in [-0.2, -0.15) is 0 Å². The van der Waals surface area contributed by atoms with Gasteiger partial charge in [-0.3, -0.25) is 4.79 Å². The van der Waals surface area contributed by atoms with Gasteiger partial charge in [0.25, 0.3) is 0 Å². The number of carboxylic acids is 1. The average Bonchev–Trinajstić information content (AvgIpc) is 3.13.